The standard InChI is InChI=1S/C49H30N2S2/c1-6-19-40-31(13-1)34-25-26-39-48(47(34)50(40)29-24-27-44-35(28-29)32-14-3-9-22-43(32)52-44)53-45-23-10-5-17-37(45)49(39)36-16-4-8-21-42(36)51-41-20-7-2-12-30(41)33-15-11-18-38(49)46(33)51/h1-26,28,44H,27H2. The van der Waals surface area contributed by atoms with Crippen molar-refractivity contribution in [1.82, 2.24) is 9.13 Å². The lowest BCUT2D eigenvalue weighted by atomic mass is 9.62. The Morgan fingerprint density at radius 2 is 1.17 bits per heavy atom. The summed E-state index contributed by atoms with van der Waals surface area (Å²) in [5.41, 5.74) is 15.4. The Balaban J connectivity index is 1.19. The molecule has 53 heavy (non-hydrogen) atoms. The molecule has 248 valence electrons. The first-order valence-corrected chi connectivity index (χ1v) is 20.1. The van der Waals surface area contributed by atoms with E-state index in [1.54, 1.807) is 0 Å². The van der Waals surface area contributed by atoms with Crippen molar-refractivity contribution in [2.75, 3.05) is 0 Å². The van der Waals surface area contributed by atoms with Crippen LogP contribution < -0.4 is 0 Å². The van der Waals surface area contributed by atoms with Gasteiger partial charge in [-0.3, -0.25) is 0 Å². The number of fused-ring (bicyclic) bond motifs is 18. The average Bonchev–Trinajstić information content (AvgIpc) is 3.88. The van der Waals surface area contributed by atoms with Crippen LogP contribution in [0.2, 0.25) is 0 Å². The zero-order valence-electron chi connectivity index (χ0n) is 28.6. The Kier molecular flexibility index (Phi) is 5.58. The fraction of sp³-hybridized carbons (Fsp3) is 0.0612. The maximum absolute atomic E-state index is 2.60. The van der Waals surface area contributed by atoms with E-state index in [4.69, 9.17) is 0 Å². The molecule has 0 bridgehead atoms. The molecule has 0 N–H and O–H groups in total. The number of para-hydroxylation sites is 4. The van der Waals surface area contributed by atoms with Crippen molar-refractivity contribution in [3.05, 3.63) is 192 Å². The molecule has 3 aliphatic heterocycles. The maximum atomic E-state index is 2.60. The van der Waals surface area contributed by atoms with Gasteiger partial charge in [0, 0.05) is 47.2 Å². The molecule has 0 amide bonds. The molecule has 0 saturated carbocycles. The smallest absolute Gasteiger partial charge is 0.0765 e. The van der Waals surface area contributed by atoms with Gasteiger partial charge in [0.1, 0.15) is 0 Å². The van der Waals surface area contributed by atoms with Crippen molar-refractivity contribution < 1.29 is 0 Å². The molecule has 0 radical (unpaired) electrons. The third-order valence-corrected chi connectivity index (χ3v) is 14.8. The van der Waals surface area contributed by atoms with Gasteiger partial charge in [-0.15, -0.1) is 11.8 Å². The molecular formula is C49H30N2S2. The molecule has 9 aromatic rings. The molecule has 0 fully saturated rings. The molecule has 5 heterocycles. The van der Waals surface area contributed by atoms with E-state index >= 15 is 0 Å². The minimum atomic E-state index is -0.515. The highest BCUT2D eigenvalue weighted by Gasteiger charge is 2.50. The largest absolute Gasteiger partial charge is 0.309 e. The molecule has 1 aliphatic carbocycles. The number of rotatable bonds is 1. The van der Waals surface area contributed by atoms with Gasteiger partial charge in [0.25, 0.3) is 0 Å². The summed E-state index contributed by atoms with van der Waals surface area (Å²) in [5, 5.41) is 5.68. The molecule has 0 saturated heterocycles. The van der Waals surface area contributed by atoms with E-state index in [1.165, 1.54) is 103 Å². The van der Waals surface area contributed by atoms with Crippen LogP contribution in [0.4, 0.5) is 0 Å². The molecule has 2 atom stereocenters. The number of hydrogen-bond donors (Lipinski definition) is 0. The van der Waals surface area contributed by atoms with Crippen molar-refractivity contribution in [2.45, 2.75) is 31.8 Å². The third-order valence-electron chi connectivity index (χ3n) is 12.3. The first-order chi connectivity index (χ1) is 26.3. The molecule has 1 spiro atoms. The van der Waals surface area contributed by atoms with Crippen LogP contribution in [0.5, 0.6) is 0 Å². The molecule has 4 aliphatic rings. The van der Waals surface area contributed by atoms with Gasteiger partial charge >= 0.3 is 0 Å². The highest BCUT2D eigenvalue weighted by molar-refractivity contribution is 8.01. The second kappa shape index (κ2) is 10.3. The number of hydrogen-bond acceptors (Lipinski definition) is 2. The third kappa shape index (κ3) is 3.50. The van der Waals surface area contributed by atoms with Gasteiger partial charge in [-0.1, -0.05) is 139 Å². The summed E-state index contributed by atoms with van der Waals surface area (Å²) in [7, 11) is 0. The van der Waals surface area contributed by atoms with Crippen LogP contribution in [0.3, 0.4) is 0 Å². The number of benzene rings is 7. The van der Waals surface area contributed by atoms with Crippen LogP contribution >= 0.6 is 23.5 Å². The highest BCUT2D eigenvalue weighted by Crippen LogP contribution is 2.62. The fourth-order valence-corrected chi connectivity index (χ4v) is 12.9. The van der Waals surface area contributed by atoms with Crippen LogP contribution in [0.25, 0.3) is 60.6 Å². The lowest BCUT2D eigenvalue weighted by Gasteiger charge is -2.45. The topological polar surface area (TPSA) is 9.86 Å². The van der Waals surface area contributed by atoms with Gasteiger partial charge in [0.2, 0.25) is 0 Å². The Morgan fingerprint density at radius 3 is 2.04 bits per heavy atom. The fourth-order valence-electron chi connectivity index (χ4n) is 10.2. The van der Waals surface area contributed by atoms with Gasteiger partial charge < -0.3 is 9.13 Å². The normalized spacial score (nSPS) is 19.2. The van der Waals surface area contributed by atoms with E-state index in [0.29, 0.717) is 5.25 Å². The quantitative estimate of drug-likeness (QED) is 0.168. The number of aromatic nitrogens is 2. The second-order valence-electron chi connectivity index (χ2n) is 14.7. The zero-order valence-corrected chi connectivity index (χ0v) is 30.2. The number of thioether (sulfide) groups is 1. The lowest BCUT2D eigenvalue weighted by Crippen LogP contribution is -2.37. The van der Waals surface area contributed by atoms with Crippen molar-refractivity contribution in [2.24, 2.45) is 0 Å². The summed E-state index contributed by atoms with van der Waals surface area (Å²) in [6, 6.07) is 57.2. The van der Waals surface area contributed by atoms with E-state index in [0.717, 1.165) is 6.42 Å². The first-order valence-electron chi connectivity index (χ1n) is 18.5. The van der Waals surface area contributed by atoms with Crippen molar-refractivity contribution in [3.63, 3.8) is 0 Å². The lowest BCUT2D eigenvalue weighted by molar-refractivity contribution is 0.691. The van der Waals surface area contributed by atoms with E-state index in [-0.39, 0.29) is 0 Å². The number of nitrogens with zero attached hydrogens (tertiary/aromatic N) is 2. The summed E-state index contributed by atoms with van der Waals surface area (Å²) in [6.07, 6.45) is 6.00. The molecule has 13 rings (SSSR count). The van der Waals surface area contributed by atoms with Crippen molar-refractivity contribution >= 4 is 78.4 Å². The minimum absolute atomic E-state index is 0.466. The number of allylic oxidation sites excluding steroid dienone is 3. The Morgan fingerprint density at radius 1 is 0.509 bits per heavy atom. The van der Waals surface area contributed by atoms with Crippen LogP contribution in [-0.4, -0.2) is 14.4 Å². The predicted octanol–water partition coefficient (Wildman–Crippen LogP) is 12.9. The van der Waals surface area contributed by atoms with E-state index < -0.39 is 5.41 Å². The Hall–Kier alpha value is -5.68. The van der Waals surface area contributed by atoms with Crippen molar-refractivity contribution in [1.29, 1.82) is 0 Å². The maximum Gasteiger partial charge on any atom is 0.0765 e. The molecular weight excluding hydrogens is 681 g/mol. The van der Waals surface area contributed by atoms with E-state index in [2.05, 4.69) is 173 Å². The zero-order chi connectivity index (χ0) is 34.4. The van der Waals surface area contributed by atoms with Gasteiger partial charge in [-0.05, 0) is 76.2 Å². The van der Waals surface area contributed by atoms with Gasteiger partial charge in [0.15, 0.2) is 0 Å². The second-order valence-corrected chi connectivity index (χ2v) is 17.0. The molecule has 2 unspecified atom stereocenters. The molecule has 2 aromatic heterocycles. The minimum Gasteiger partial charge on any atom is -0.309 e. The summed E-state index contributed by atoms with van der Waals surface area (Å²) < 4.78 is 5.13. The first kappa shape index (κ1) is 28.9. The summed E-state index contributed by atoms with van der Waals surface area (Å²) >= 11 is 3.97. The highest BCUT2D eigenvalue weighted by atomic mass is 32.2. The average molecular weight is 711 g/mol. The summed E-state index contributed by atoms with van der Waals surface area (Å²) in [6.45, 7) is 0. The van der Waals surface area contributed by atoms with Gasteiger partial charge in [-0.25, -0.2) is 0 Å². The van der Waals surface area contributed by atoms with Gasteiger partial charge in [0.05, 0.1) is 33.2 Å². The van der Waals surface area contributed by atoms with E-state index in [1.807, 2.05) is 23.5 Å². The van der Waals surface area contributed by atoms with Gasteiger partial charge in [-0.2, -0.15) is 0 Å². The summed E-state index contributed by atoms with van der Waals surface area (Å²) in [4.78, 5) is 4.06. The Bertz CT molecular complexity index is 3170. The van der Waals surface area contributed by atoms with Crippen LogP contribution in [0, 0.1) is 0 Å². The van der Waals surface area contributed by atoms with Crippen LogP contribution in [0.15, 0.2) is 178 Å². The summed E-state index contributed by atoms with van der Waals surface area (Å²) in [5.74, 6) is 0. The van der Waals surface area contributed by atoms with E-state index in [9.17, 15) is 0 Å². The van der Waals surface area contributed by atoms with Crippen molar-refractivity contribution in [3.8, 4) is 5.69 Å². The Labute approximate surface area is 315 Å². The predicted molar refractivity (Wildman–Crippen MR) is 223 cm³/mol. The monoisotopic (exact) mass is 710 g/mol. The SMILES string of the molecule is C1=C2c3ccccc3SC2CC=C1n1c2ccccc2c2ccc3c(c21)Sc1ccccc1C31c2ccccc2-n2c3ccccc3c3cccc1c32. The molecule has 7 aromatic carbocycles. The van der Waals surface area contributed by atoms with Crippen LogP contribution in [0.1, 0.15) is 34.2 Å². The molecule has 4 heteroatoms. The molecule has 2 nitrogen and oxygen atoms in total. The van der Waals surface area contributed by atoms with Crippen LogP contribution in [-0.2, 0) is 5.41 Å².